The zero-order chi connectivity index (χ0) is 15.9. The molecule has 6 heterocycles. The summed E-state index contributed by atoms with van der Waals surface area (Å²) < 4.78 is 2.11. The molecule has 0 unspecified atom stereocenters. The molecule has 3 aromatic rings. The van der Waals surface area contributed by atoms with Crippen LogP contribution in [0, 0.1) is 5.92 Å². The van der Waals surface area contributed by atoms with Gasteiger partial charge >= 0.3 is 0 Å². The number of aromatic nitrogens is 3. The Labute approximate surface area is 141 Å². The minimum Gasteiger partial charge on any atom is -0.379 e. The maximum absolute atomic E-state index is 4.71. The molecule has 0 amide bonds. The van der Waals surface area contributed by atoms with E-state index in [9.17, 15) is 0 Å². The average Bonchev–Trinajstić information content (AvgIpc) is 3.07. The first-order valence-corrected chi connectivity index (χ1v) is 8.73. The van der Waals surface area contributed by atoms with Gasteiger partial charge in [0.2, 0.25) is 0 Å². The third-order valence-corrected chi connectivity index (χ3v) is 5.48. The van der Waals surface area contributed by atoms with Crippen molar-refractivity contribution < 1.29 is 0 Å². The normalized spacial score (nSPS) is 25.9. The van der Waals surface area contributed by atoms with Gasteiger partial charge < -0.3 is 14.8 Å². The van der Waals surface area contributed by atoms with E-state index in [1.807, 2.05) is 30.7 Å². The summed E-state index contributed by atoms with van der Waals surface area (Å²) in [5.74, 6) is 0.812. The lowest BCUT2D eigenvalue weighted by Crippen LogP contribution is -2.53. The molecular weight excluding hydrogens is 298 g/mol. The third kappa shape index (κ3) is 2.36. The monoisotopic (exact) mass is 319 g/mol. The highest BCUT2D eigenvalue weighted by Gasteiger charge is 2.33. The Hall–Kier alpha value is -2.40. The van der Waals surface area contributed by atoms with Crippen LogP contribution in [0.1, 0.15) is 12.8 Å². The van der Waals surface area contributed by atoms with E-state index in [1.54, 1.807) is 0 Å². The van der Waals surface area contributed by atoms with Gasteiger partial charge in [-0.1, -0.05) is 0 Å². The van der Waals surface area contributed by atoms with Crippen molar-refractivity contribution in [2.45, 2.75) is 18.9 Å². The number of rotatable bonds is 3. The lowest BCUT2D eigenvalue weighted by Gasteiger charge is -2.45. The molecule has 1 N–H and O–H groups in total. The summed E-state index contributed by atoms with van der Waals surface area (Å²) in [6, 6.07) is 8.91. The number of hydrogen-bond acceptors (Lipinski definition) is 4. The highest BCUT2D eigenvalue weighted by atomic mass is 15.2. The van der Waals surface area contributed by atoms with Crippen molar-refractivity contribution in [1.29, 1.82) is 0 Å². The molecule has 2 bridgehead atoms. The lowest BCUT2D eigenvalue weighted by molar-refractivity contribution is 0.0975. The second kappa shape index (κ2) is 5.60. The molecule has 3 saturated heterocycles. The van der Waals surface area contributed by atoms with Crippen LogP contribution in [0.5, 0.6) is 0 Å². The summed E-state index contributed by atoms with van der Waals surface area (Å²) in [5, 5.41) is 4.89. The molecule has 24 heavy (non-hydrogen) atoms. The molecule has 3 aromatic heterocycles. The van der Waals surface area contributed by atoms with Crippen molar-refractivity contribution in [1.82, 2.24) is 19.4 Å². The van der Waals surface area contributed by atoms with Gasteiger partial charge in [-0.05, 0) is 56.1 Å². The minimum absolute atomic E-state index is 0.564. The van der Waals surface area contributed by atoms with Crippen molar-refractivity contribution in [3.8, 4) is 5.69 Å². The summed E-state index contributed by atoms with van der Waals surface area (Å²) in [4.78, 5) is 11.4. The number of piperidine rings is 3. The molecule has 0 spiro atoms. The smallest absolute Gasteiger partial charge is 0.144 e. The van der Waals surface area contributed by atoms with Crippen molar-refractivity contribution in [3.63, 3.8) is 0 Å². The fourth-order valence-corrected chi connectivity index (χ4v) is 4.16. The maximum atomic E-state index is 4.71. The van der Waals surface area contributed by atoms with E-state index in [-0.39, 0.29) is 0 Å². The van der Waals surface area contributed by atoms with Crippen LogP contribution in [0.25, 0.3) is 16.7 Å². The first-order chi connectivity index (χ1) is 11.9. The average molecular weight is 319 g/mol. The highest BCUT2D eigenvalue weighted by Crippen LogP contribution is 2.30. The highest BCUT2D eigenvalue weighted by molar-refractivity contribution is 5.81. The van der Waals surface area contributed by atoms with E-state index < -0.39 is 0 Å². The number of fused-ring (bicyclic) bond motifs is 4. The van der Waals surface area contributed by atoms with Crippen LogP contribution in [-0.4, -0.2) is 45.1 Å². The largest absolute Gasteiger partial charge is 0.379 e. The second-order valence-electron chi connectivity index (χ2n) is 6.92. The van der Waals surface area contributed by atoms with Gasteiger partial charge in [-0.25, -0.2) is 4.98 Å². The molecule has 1 atom stereocenters. The van der Waals surface area contributed by atoms with Crippen molar-refractivity contribution in [3.05, 3.63) is 49.1 Å². The fraction of sp³-hybridized carbons (Fsp3) is 0.368. The van der Waals surface area contributed by atoms with Crippen LogP contribution in [-0.2, 0) is 0 Å². The van der Waals surface area contributed by atoms with Gasteiger partial charge in [-0.15, -0.1) is 0 Å². The first kappa shape index (κ1) is 14.0. The van der Waals surface area contributed by atoms with Crippen LogP contribution < -0.4 is 5.32 Å². The second-order valence-corrected chi connectivity index (χ2v) is 6.92. The summed E-state index contributed by atoms with van der Waals surface area (Å²) in [6.45, 7) is 3.71. The molecule has 5 nitrogen and oxygen atoms in total. The molecule has 0 saturated carbocycles. The van der Waals surface area contributed by atoms with Crippen LogP contribution in [0.15, 0.2) is 49.1 Å². The lowest BCUT2D eigenvalue weighted by atomic mass is 9.84. The topological polar surface area (TPSA) is 46.0 Å². The van der Waals surface area contributed by atoms with Crippen molar-refractivity contribution in [2.24, 2.45) is 5.92 Å². The summed E-state index contributed by atoms with van der Waals surface area (Å²) in [6.07, 6.45) is 10.3. The molecular formula is C19H21N5. The number of nitrogens with zero attached hydrogens (tertiary/aromatic N) is 4. The standard InChI is InChI=1S/C19H21N5/c1-6-20-7-2-17(1)24-10-5-15-11-16(12-21-19(15)24)22-18-13-23-8-3-14(18)4-9-23/h1-2,5-7,10-12,14,18,22H,3-4,8-9,13H2/t18-/m0/s1. The Morgan fingerprint density at radius 1 is 1.08 bits per heavy atom. The van der Waals surface area contributed by atoms with E-state index in [0.29, 0.717) is 6.04 Å². The van der Waals surface area contributed by atoms with Crippen molar-refractivity contribution in [2.75, 3.05) is 25.0 Å². The van der Waals surface area contributed by atoms with Crippen LogP contribution in [0.3, 0.4) is 0 Å². The number of pyridine rings is 2. The molecule has 6 rings (SSSR count). The summed E-state index contributed by atoms with van der Waals surface area (Å²) in [5.41, 5.74) is 3.21. The predicted molar refractivity (Wildman–Crippen MR) is 95.4 cm³/mol. The van der Waals surface area contributed by atoms with E-state index in [0.717, 1.165) is 28.3 Å². The molecule has 0 aliphatic carbocycles. The molecule has 3 aliphatic heterocycles. The first-order valence-electron chi connectivity index (χ1n) is 8.73. The van der Waals surface area contributed by atoms with Gasteiger partial charge in [0.05, 0.1) is 17.6 Å². The van der Waals surface area contributed by atoms with E-state index in [4.69, 9.17) is 4.98 Å². The fourth-order valence-electron chi connectivity index (χ4n) is 4.16. The SMILES string of the molecule is c1cc(-n2ccc3cc(N[C@H]4CN5CCC4CC5)cnc32)ccn1. The van der Waals surface area contributed by atoms with Crippen LogP contribution in [0.4, 0.5) is 5.69 Å². The van der Waals surface area contributed by atoms with Gasteiger partial charge in [0.25, 0.3) is 0 Å². The third-order valence-electron chi connectivity index (χ3n) is 5.48. The van der Waals surface area contributed by atoms with Crippen LogP contribution in [0.2, 0.25) is 0 Å². The van der Waals surface area contributed by atoms with Gasteiger partial charge in [0.1, 0.15) is 5.65 Å². The Morgan fingerprint density at radius 3 is 2.67 bits per heavy atom. The maximum Gasteiger partial charge on any atom is 0.144 e. The van der Waals surface area contributed by atoms with Gasteiger partial charge in [-0.2, -0.15) is 0 Å². The van der Waals surface area contributed by atoms with Gasteiger partial charge in [-0.3, -0.25) is 4.98 Å². The zero-order valence-electron chi connectivity index (χ0n) is 13.6. The van der Waals surface area contributed by atoms with Crippen molar-refractivity contribution >= 4 is 16.7 Å². The van der Waals surface area contributed by atoms with Gasteiger partial charge in [0, 0.05) is 36.6 Å². The summed E-state index contributed by atoms with van der Waals surface area (Å²) >= 11 is 0. The quantitative estimate of drug-likeness (QED) is 0.806. The Morgan fingerprint density at radius 2 is 1.92 bits per heavy atom. The van der Waals surface area contributed by atoms with Crippen LogP contribution >= 0.6 is 0 Å². The Bertz CT molecular complexity index is 849. The van der Waals surface area contributed by atoms with E-state index in [2.05, 4.69) is 38.1 Å². The zero-order valence-corrected chi connectivity index (χ0v) is 13.6. The molecule has 122 valence electrons. The molecule has 3 aliphatic rings. The molecule has 0 radical (unpaired) electrons. The number of hydrogen-bond donors (Lipinski definition) is 1. The Balaban J connectivity index is 1.43. The van der Waals surface area contributed by atoms with E-state index >= 15 is 0 Å². The molecule has 5 heteroatoms. The molecule has 0 aromatic carbocycles. The summed E-state index contributed by atoms with van der Waals surface area (Å²) in [7, 11) is 0. The minimum atomic E-state index is 0.564. The van der Waals surface area contributed by atoms with E-state index in [1.165, 1.54) is 32.5 Å². The predicted octanol–water partition coefficient (Wildman–Crippen LogP) is 2.93. The van der Waals surface area contributed by atoms with Gasteiger partial charge in [0.15, 0.2) is 0 Å². The molecule has 3 fully saturated rings. The number of anilines is 1. The Kier molecular flexibility index (Phi) is 3.26. The number of nitrogens with one attached hydrogen (secondary N) is 1.